The Morgan fingerprint density at radius 1 is 1.38 bits per heavy atom. The number of alkyl halides is 3. The van der Waals surface area contributed by atoms with E-state index in [1.165, 1.54) is 0 Å². The summed E-state index contributed by atoms with van der Waals surface area (Å²) in [5.41, 5.74) is 2.08. The summed E-state index contributed by atoms with van der Waals surface area (Å²) in [6, 6.07) is 7.21. The van der Waals surface area contributed by atoms with E-state index in [0.29, 0.717) is 6.54 Å². The summed E-state index contributed by atoms with van der Waals surface area (Å²) in [4.78, 5) is 12.0. The van der Waals surface area contributed by atoms with Crippen LogP contribution in [0, 0.1) is 12.8 Å². The molecule has 2 atom stereocenters. The molecule has 0 aromatic heterocycles. The Morgan fingerprint density at radius 2 is 2.14 bits per heavy atom. The Labute approximate surface area is 121 Å². The van der Waals surface area contributed by atoms with Gasteiger partial charge in [-0.15, -0.1) is 0 Å². The third kappa shape index (κ3) is 4.46. The van der Waals surface area contributed by atoms with Crippen molar-refractivity contribution in [2.24, 2.45) is 5.92 Å². The van der Waals surface area contributed by atoms with E-state index in [0.717, 1.165) is 11.1 Å². The molecule has 2 rings (SSSR count). The highest BCUT2D eigenvalue weighted by molar-refractivity contribution is 5.81. The van der Waals surface area contributed by atoms with Crippen LogP contribution in [0.1, 0.15) is 24.0 Å². The summed E-state index contributed by atoms with van der Waals surface area (Å²) in [7, 11) is 0. The molecule has 1 fully saturated rings. The van der Waals surface area contributed by atoms with Gasteiger partial charge in [-0.25, -0.2) is 0 Å². The number of carbonyl (C=O) groups is 1. The van der Waals surface area contributed by atoms with E-state index in [1.807, 2.05) is 31.2 Å². The standard InChI is InChI=1S/C15H19F3N2O/c1-10-3-2-4-11(7-10)8-20-14(21)13-6-5-12(9-19-13)15(16,17)18/h2-4,7,12-13,19H,5-6,8-9H2,1H3,(H,20,21). The molecule has 6 heteroatoms. The van der Waals surface area contributed by atoms with Gasteiger partial charge in [0.1, 0.15) is 0 Å². The molecule has 1 aliphatic heterocycles. The molecule has 0 aliphatic carbocycles. The van der Waals surface area contributed by atoms with Crippen LogP contribution in [0.5, 0.6) is 0 Å². The highest BCUT2D eigenvalue weighted by Crippen LogP contribution is 2.31. The lowest BCUT2D eigenvalue weighted by Crippen LogP contribution is -2.51. The van der Waals surface area contributed by atoms with E-state index < -0.39 is 18.1 Å². The second kappa shape index (κ2) is 6.47. The van der Waals surface area contributed by atoms with Crippen LogP contribution in [0.2, 0.25) is 0 Å². The zero-order chi connectivity index (χ0) is 15.5. The molecular weight excluding hydrogens is 281 g/mol. The van der Waals surface area contributed by atoms with Crippen LogP contribution in [-0.2, 0) is 11.3 Å². The van der Waals surface area contributed by atoms with E-state index in [9.17, 15) is 18.0 Å². The topological polar surface area (TPSA) is 41.1 Å². The zero-order valence-corrected chi connectivity index (χ0v) is 11.8. The van der Waals surface area contributed by atoms with Crippen LogP contribution in [-0.4, -0.2) is 24.7 Å². The first kappa shape index (κ1) is 15.8. The van der Waals surface area contributed by atoms with Crippen LogP contribution in [0.15, 0.2) is 24.3 Å². The van der Waals surface area contributed by atoms with Gasteiger partial charge in [-0.05, 0) is 25.3 Å². The third-order valence-corrected chi connectivity index (χ3v) is 3.74. The molecular formula is C15H19F3N2O. The van der Waals surface area contributed by atoms with Crippen molar-refractivity contribution < 1.29 is 18.0 Å². The first-order valence-corrected chi connectivity index (χ1v) is 6.99. The van der Waals surface area contributed by atoms with Crippen molar-refractivity contribution in [3.63, 3.8) is 0 Å². The molecule has 0 bridgehead atoms. The minimum atomic E-state index is -4.18. The Morgan fingerprint density at radius 3 is 2.71 bits per heavy atom. The SMILES string of the molecule is Cc1cccc(CNC(=O)C2CCC(C(F)(F)F)CN2)c1. The van der Waals surface area contributed by atoms with Crippen molar-refractivity contribution in [2.75, 3.05) is 6.54 Å². The number of carbonyl (C=O) groups excluding carboxylic acids is 1. The van der Waals surface area contributed by atoms with Crippen molar-refractivity contribution in [1.82, 2.24) is 10.6 Å². The van der Waals surface area contributed by atoms with Gasteiger partial charge in [0.15, 0.2) is 0 Å². The Balaban J connectivity index is 1.80. The van der Waals surface area contributed by atoms with E-state index in [1.54, 1.807) is 0 Å². The number of hydrogen-bond acceptors (Lipinski definition) is 2. The third-order valence-electron chi connectivity index (χ3n) is 3.74. The van der Waals surface area contributed by atoms with Crippen LogP contribution >= 0.6 is 0 Å². The van der Waals surface area contributed by atoms with Crippen molar-refractivity contribution >= 4 is 5.91 Å². The zero-order valence-electron chi connectivity index (χ0n) is 11.8. The normalized spacial score (nSPS) is 22.9. The largest absolute Gasteiger partial charge is 0.393 e. The van der Waals surface area contributed by atoms with Crippen LogP contribution in [0.4, 0.5) is 13.2 Å². The molecule has 1 saturated heterocycles. The second-order valence-electron chi connectivity index (χ2n) is 5.48. The molecule has 1 heterocycles. The second-order valence-corrected chi connectivity index (χ2v) is 5.48. The molecule has 116 valence electrons. The lowest BCUT2D eigenvalue weighted by molar-refractivity contribution is -0.180. The quantitative estimate of drug-likeness (QED) is 0.900. The summed E-state index contributed by atoms with van der Waals surface area (Å²) in [6.07, 6.45) is -3.97. The van der Waals surface area contributed by atoms with Crippen molar-refractivity contribution in [3.05, 3.63) is 35.4 Å². The molecule has 1 amide bonds. The fraction of sp³-hybridized carbons (Fsp3) is 0.533. The minimum Gasteiger partial charge on any atom is -0.351 e. The predicted octanol–water partition coefficient (Wildman–Crippen LogP) is 2.54. The van der Waals surface area contributed by atoms with Crippen LogP contribution in [0.25, 0.3) is 0 Å². The van der Waals surface area contributed by atoms with Crippen molar-refractivity contribution in [3.8, 4) is 0 Å². The lowest BCUT2D eigenvalue weighted by atomic mass is 9.94. The van der Waals surface area contributed by atoms with Gasteiger partial charge >= 0.3 is 6.18 Å². The molecule has 2 N–H and O–H groups in total. The lowest BCUT2D eigenvalue weighted by Gasteiger charge is -2.30. The maximum Gasteiger partial charge on any atom is 0.393 e. The maximum absolute atomic E-state index is 12.5. The summed E-state index contributed by atoms with van der Waals surface area (Å²) < 4.78 is 37.6. The van der Waals surface area contributed by atoms with Crippen LogP contribution in [0.3, 0.4) is 0 Å². The number of hydrogen-bond donors (Lipinski definition) is 2. The average Bonchev–Trinajstić information content (AvgIpc) is 2.44. The van der Waals surface area contributed by atoms with Crippen molar-refractivity contribution in [2.45, 2.75) is 38.5 Å². The van der Waals surface area contributed by atoms with E-state index in [4.69, 9.17) is 0 Å². The molecule has 0 radical (unpaired) electrons. The molecule has 1 aromatic carbocycles. The number of halogens is 3. The van der Waals surface area contributed by atoms with Gasteiger partial charge in [-0.1, -0.05) is 29.8 Å². The highest BCUT2D eigenvalue weighted by atomic mass is 19.4. The van der Waals surface area contributed by atoms with E-state index in [2.05, 4.69) is 10.6 Å². The van der Waals surface area contributed by atoms with Gasteiger partial charge in [-0.2, -0.15) is 13.2 Å². The fourth-order valence-corrected chi connectivity index (χ4v) is 2.49. The molecule has 1 aromatic rings. The van der Waals surface area contributed by atoms with E-state index >= 15 is 0 Å². The number of nitrogens with one attached hydrogen (secondary N) is 2. The van der Waals surface area contributed by atoms with E-state index in [-0.39, 0.29) is 25.3 Å². The van der Waals surface area contributed by atoms with Gasteiger partial charge in [0, 0.05) is 13.1 Å². The molecule has 0 saturated carbocycles. The summed E-state index contributed by atoms with van der Waals surface area (Å²) in [5, 5.41) is 5.46. The molecule has 21 heavy (non-hydrogen) atoms. The van der Waals surface area contributed by atoms with Gasteiger partial charge in [0.2, 0.25) is 5.91 Å². The predicted molar refractivity (Wildman–Crippen MR) is 73.6 cm³/mol. The minimum absolute atomic E-state index is 0.000961. The number of piperidine rings is 1. The molecule has 0 spiro atoms. The average molecular weight is 300 g/mol. The Hall–Kier alpha value is -1.56. The molecule has 1 aliphatic rings. The monoisotopic (exact) mass is 300 g/mol. The highest BCUT2D eigenvalue weighted by Gasteiger charge is 2.42. The number of amides is 1. The first-order valence-electron chi connectivity index (χ1n) is 6.99. The smallest absolute Gasteiger partial charge is 0.351 e. The van der Waals surface area contributed by atoms with Crippen molar-refractivity contribution in [1.29, 1.82) is 0 Å². The van der Waals surface area contributed by atoms with Gasteiger partial charge in [-0.3, -0.25) is 4.79 Å². The number of rotatable bonds is 3. The molecule has 2 unspecified atom stereocenters. The van der Waals surface area contributed by atoms with Gasteiger partial charge in [0.05, 0.1) is 12.0 Å². The maximum atomic E-state index is 12.5. The summed E-state index contributed by atoms with van der Waals surface area (Å²) in [5.74, 6) is -1.59. The summed E-state index contributed by atoms with van der Waals surface area (Å²) in [6.45, 7) is 2.17. The molecule has 3 nitrogen and oxygen atoms in total. The first-order chi connectivity index (χ1) is 9.86. The van der Waals surface area contributed by atoms with Gasteiger partial charge in [0.25, 0.3) is 0 Å². The number of benzene rings is 1. The fourth-order valence-electron chi connectivity index (χ4n) is 2.49. The Kier molecular flexibility index (Phi) is 4.88. The number of aryl methyl sites for hydroxylation is 1. The van der Waals surface area contributed by atoms with Gasteiger partial charge < -0.3 is 10.6 Å². The summed E-state index contributed by atoms with van der Waals surface area (Å²) >= 11 is 0. The Bertz CT molecular complexity index is 494. The van der Waals surface area contributed by atoms with Crippen LogP contribution < -0.4 is 10.6 Å².